The van der Waals surface area contributed by atoms with Gasteiger partial charge < -0.3 is 19.3 Å². The largest absolute Gasteiger partial charge is 0.467 e. The van der Waals surface area contributed by atoms with Crippen LogP contribution in [-0.2, 0) is 24.8 Å². The van der Waals surface area contributed by atoms with Gasteiger partial charge in [-0.15, -0.1) is 11.8 Å². The molecule has 0 spiro atoms. The molecule has 1 aromatic rings. The van der Waals surface area contributed by atoms with Gasteiger partial charge in [0.2, 0.25) is 5.91 Å². The lowest BCUT2D eigenvalue weighted by atomic mass is 10.2. The third kappa shape index (κ3) is 5.69. The van der Waals surface area contributed by atoms with Crippen molar-refractivity contribution in [3.8, 4) is 0 Å². The zero-order valence-electron chi connectivity index (χ0n) is 13.3. The van der Waals surface area contributed by atoms with Gasteiger partial charge in [0, 0.05) is 31.5 Å². The average Bonchev–Trinajstić information content (AvgIpc) is 2.82. The summed E-state index contributed by atoms with van der Waals surface area (Å²) in [7, 11) is 2.83. The average molecular weight is 330 g/mol. The smallest absolute Gasteiger partial charge is 0.328 e. The summed E-state index contributed by atoms with van der Waals surface area (Å²) in [6, 6.07) is -0.683. The molecule has 1 amide bonds. The Morgan fingerprint density at radius 3 is 2.64 bits per heavy atom. The maximum Gasteiger partial charge on any atom is 0.328 e. The molecule has 8 heteroatoms. The second-order valence-electron chi connectivity index (χ2n) is 4.72. The molecule has 0 fully saturated rings. The lowest BCUT2D eigenvalue weighted by Gasteiger charge is -2.15. The number of aromatic nitrogens is 1. The number of nitrogens with one attached hydrogen (secondary N) is 1. The van der Waals surface area contributed by atoms with Gasteiger partial charge in [-0.05, 0) is 13.8 Å². The van der Waals surface area contributed by atoms with Crippen molar-refractivity contribution in [1.29, 1.82) is 0 Å². The summed E-state index contributed by atoms with van der Waals surface area (Å²) in [6.07, 6.45) is 0.378. The van der Waals surface area contributed by atoms with Gasteiger partial charge in [-0.1, -0.05) is 5.16 Å². The highest BCUT2D eigenvalue weighted by molar-refractivity contribution is 7.99. The summed E-state index contributed by atoms with van der Waals surface area (Å²) in [4.78, 5) is 23.5. The first-order valence-corrected chi connectivity index (χ1v) is 8.00. The lowest BCUT2D eigenvalue weighted by Crippen LogP contribution is -2.43. The number of esters is 1. The van der Waals surface area contributed by atoms with Gasteiger partial charge in [0.1, 0.15) is 11.8 Å². The maximum atomic E-state index is 11.9. The van der Waals surface area contributed by atoms with Crippen LogP contribution >= 0.6 is 11.8 Å². The van der Waals surface area contributed by atoms with Crippen LogP contribution in [-0.4, -0.2) is 49.7 Å². The molecule has 1 rings (SSSR count). The standard InChI is InChI=1S/C14H22N2O5S/c1-9-11(10(2)21-16-9)7-22-8-13(17)15-12(5-6-19-3)14(18)20-4/h12H,5-8H2,1-4H3,(H,15,17). The summed E-state index contributed by atoms with van der Waals surface area (Å²) in [5, 5.41) is 6.52. The fraction of sp³-hybridized carbons (Fsp3) is 0.643. The molecule has 0 saturated carbocycles. The molecule has 0 aromatic carbocycles. The summed E-state index contributed by atoms with van der Waals surface area (Å²) in [5.74, 6) is 0.947. The predicted molar refractivity (Wildman–Crippen MR) is 82.6 cm³/mol. The zero-order valence-corrected chi connectivity index (χ0v) is 14.1. The fourth-order valence-corrected chi connectivity index (χ4v) is 2.80. The Morgan fingerprint density at radius 2 is 2.09 bits per heavy atom. The van der Waals surface area contributed by atoms with E-state index in [0.717, 1.165) is 17.0 Å². The number of aryl methyl sites for hydroxylation is 2. The van der Waals surface area contributed by atoms with Crippen molar-refractivity contribution < 1.29 is 23.6 Å². The summed E-state index contributed by atoms with van der Waals surface area (Å²) in [5.41, 5.74) is 1.83. The van der Waals surface area contributed by atoms with Crippen LogP contribution in [0.3, 0.4) is 0 Å². The normalized spacial score (nSPS) is 12.0. The van der Waals surface area contributed by atoms with E-state index in [0.29, 0.717) is 18.8 Å². The number of carbonyl (C=O) groups is 2. The van der Waals surface area contributed by atoms with Crippen LogP contribution in [0.15, 0.2) is 4.52 Å². The fourth-order valence-electron chi connectivity index (χ4n) is 1.82. The highest BCUT2D eigenvalue weighted by atomic mass is 32.2. The molecule has 1 aromatic heterocycles. The van der Waals surface area contributed by atoms with Gasteiger partial charge >= 0.3 is 5.97 Å². The van der Waals surface area contributed by atoms with Crippen LogP contribution in [0.25, 0.3) is 0 Å². The first-order chi connectivity index (χ1) is 10.5. The molecule has 0 aliphatic rings. The van der Waals surface area contributed by atoms with Crippen molar-refractivity contribution in [2.24, 2.45) is 0 Å². The Bertz CT molecular complexity index is 484. The van der Waals surface area contributed by atoms with Crippen LogP contribution in [0.5, 0.6) is 0 Å². The Kier molecular flexibility index (Phi) is 7.97. The highest BCUT2D eigenvalue weighted by Gasteiger charge is 2.21. The van der Waals surface area contributed by atoms with Gasteiger partial charge in [0.25, 0.3) is 0 Å². The zero-order chi connectivity index (χ0) is 16.5. The topological polar surface area (TPSA) is 90.7 Å². The summed E-state index contributed by atoms with van der Waals surface area (Å²) >= 11 is 1.44. The van der Waals surface area contributed by atoms with Gasteiger partial charge in [0.15, 0.2) is 0 Å². The van der Waals surface area contributed by atoms with Crippen LogP contribution < -0.4 is 5.32 Å². The van der Waals surface area contributed by atoms with E-state index >= 15 is 0 Å². The molecule has 0 aliphatic carbocycles. The van der Waals surface area contributed by atoms with Crippen LogP contribution in [0.1, 0.15) is 23.4 Å². The second kappa shape index (κ2) is 9.47. The van der Waals surface area contributed by atoms with E-state index in [4.69, 9.17) is 9.26 Å². The molecule has 0 radical (unpaired) electrons. The number of hydrogen-bond donors (Lipinski definition) is 1. The molecule has 1 atom stereocenters. The van der Waals surface area contributed by atoms with Gasteiger partial charge in [-0.25, -0.2) is 4.79 Å². The second-order valence-corrected chi connectivity index (χ2v) is 5.71. The number of carbonyl (C=O) groups excluding carboxylic acids is 2. The molecule has 7 nitrogen and oxygen atoms in total. The van der Waals surface area contributed by atoms with Crippen molar-refractivity contribution in [1.82, 2.24) is 10.5 Å². The molecule has 1 heterocycles. The number of methoxy groups -OCH3 is 2. The van der Waals surface area contributed by atoms with Gasteiger partial charge in [-0.3, -0.25) is 4.79 Å². The molecule has 1 N–H and O–H groups in total. The molecule has 0 bridgehead atoms. The van der Waals surface area contributed by atoms with Crippen molar-refractivity contribution in [2.45, 2.75) is 32.1 Å². The number of rotatable bonds is 9. The number of nitrogens with zero attached hydrogens (tertiary/aromatic N) is 1. The SMILES string of the molecule is COCCC(NC(=O)CSCc1c(C)noc1C)C(=O)OC. The van der Waals surface area contributed by atoms with E-state index < -0.39 is 12.0 Å². The Balaban J connectivity index is 2.41. The van der Waals surface area contributed by atoms with Crippen LogP contribution in [0.2, 0.25) is 0 Å². The number of hydrogen-bond acceptors (Lipinski definition) is 7. The van der Waals surface area contributed by atoms with Crippen molar-refractivity contribution >= 4 is 23.6 Å². The third-order valence-corrected chi connectivity index (χ3v) is 4.05. The third-order valence-electron chi connectivity index (χ3n) is 3.09. The molecule has 124 valence electrons. The Labute approximate surface area is 134 Å². The number of ether oxygens (including phenoxy) is 2. The molecule has 0 saturated heterocycles. The first-order valence-electron chi connectivity index (χ1n) is 6.85. The van der Waals surface area contributed by atoms with E-state index in [-0.39, 0.29) is 11.7 Å². The van der Waals surface area contributed by atoms with Crippen molar-refractivity contribution in [3.05, 3.63) is 17.0 Å². The minimum absolute atomic E-state index is 0.219. The molecular formula is C14H22N2O5S. The van der Waals surface area contributed by atoms with Crippen molar-refractivity contribution in [2.75, 3.05) is 26.6 Å². The van der Waals surface area contributed by atoms with Gasteiger partial charge in [-0.2, -0.15) is 0 Å². The van der Waals surface area contributed by atoms with E-state index in [1.807, 2.05) is 13.8 Å². The van der Waals surface area contributed by atoms with E-state index in [2.05, 4.69) is 15.2 Å². The molecule has 0 aliphatic heterocycles. The number of amides is 1. The van der Waals surface area contributed by atoms with E-state index in [1.54, 1.807) is 0 Å². The van der Waals surface area contributed by atoms with Gasteiger partial charge in [0.05, 0.1) is 18.6 Å². The Hall–Kier alpha value is -1.54. The van der Waals surface area contributed by atoms with E-state index in [1.165, 1.54) is 26.0 Å². The molecular weight excluding hydrogens is 308 g/mol. The monoisotopic (exact) mass is 330 g/mol. The molecule has 22 heavy (non-hydrogen) atoms. The van der Waals surface area contributed by atoms with E-state index in [9.17, 15) is 9.59 Å². The quantitative estimate of drug-likeness (QED) is 0.681. The van der Waals surface area contributed by atoms with Crippen LogP contribution in [0.4, 0.5) is 0 Å². The summed E-state index contributed by atoms with van der Waals surface area (Å²) < 4.78 is 14.7. The summed E-state index contributed by atoms with van der Waals surface area (Å²) in [6.45, 7) is 4.07. The highest BCUT2D eigenvalue weighted by Crippen LogP contribution is 2.19. The maximum absolute atomic E-state index is 11.9. The Morgan fingerprint density at radius 1 is 1.36 bits per heavy atom. The van der Waals surface area contributed by atoms with Crippen LogP contribution in [0, 0.1) is 13.8 Å². The first kappa shape index (κ1) is 18.5. The lowest BCUT2D eigenvalue weighted by molar-refractivity contribution is -0.145. The van der Waals surface area contributed by atoms with Crippen molar-refractivity contribution in [3.63, 3.8) is 0 Å². The minimum Gasteiger partial charge on any atom is -0.467 e. The predicted octanol–water partition coefficient (Wildman–Crippen LogP) is 1.22. The molecule has 1 unspecified atom stereocenters. The minimum atomic E-state index is -0.683. The number of thioether (sulfide) groups is 1.